The molecule has 0 amide bonds. The zero-order chi connectivity index (χ0) is 20.3. The summed E-state index contributed by atoms with van der Waals surface area (Å²) in [5, 5.41) is 0.806. The maximum Gasteiger partial charge on any atom is 0.494 e. The van der Waals surface area contributed by atoms with Crippen molar-refractivity contribution in [3.63, 3.8) is 0 Å². The average molecular weight is 383 g/mol. The fourth-order valence-electron chi connectivity index (χ4n) is 3.23. The van der Waals surface area contributed by atoms with Gasteiger partial charge in [0.25, 0.3) is 0 Å². The van der Waals surface area contributed by atoms with Crippen LogP contribution in [0, 0.1) is 11.6 Å². The Bertz CT molecular complexity index is 1050. The molecule has 1 aromatic heterocycles. The van der Waals surface area contributed by atoms with Crippen LogP contribution in [0.1, 0.15) is 43.7 Å². The predicted octanol–water partition coefficient (Wildman–Crippen LogP) is 3.98. The normalized spacial score (nSPS) is 18.0. The molecular formula is C21H20BF2NO3. The number of carbonyl (C=O) groups excluding carboxylic acids is 1. The third kappa shape index (κ3) is 3.14. The van der Waals surface area contributed by atoms with Gasteiger partial charge in [-0.2, -0.15) is 0 Å². The van der Waals surface area contributed by atoms with Gasteiger partial charge in [0.2, 0.25) is 5.78 Å². The standard InChI is InChI=1S/C21H20BF2NO3/c1-20(2)21(3,4)28-22(27-20)14-6-5-12-9-18(25-17(12)10-14)19(26)13-7-15(23)11-16(24)8-13/h5-11,25H,1-4H3. The van der Waals surface area contributed by atoms with Crippen LogP contribution in [0.15, 0.2) is 42.5 Å². The van der Waals surface area contributed by atoms with E-state index in [2.05, 4.69) is 4.98 Å². The van der Waals surface area contributed by atoms with E-state index in [0.29, 0.717) is 5.52 Å². The molecule has 0 saturated carbocycles. The number of carbonyl (C=O) groups is 1. The van der Waals surface area contributed by atoms with Crippen LogP contribution in [0.5, 0.6) is 0 Å². The van der Waals surface area contributed by atoms with Gasteiger partial charge in [-0.05, 0) is 57.4 Å². The van der Waals surface area contributed by atoms with Gasteiger partial charge in [0.15, 0.2) is 0 Å². The number of hydrogen-bond acceptors (Lipinski definition) is 3. The van der Waals surface area contributed by atoms with Crippen molar-refractivity contribution in [3.8, 4) is 0 Å². The van der Waals surface area contributed by atoms with Gasteiger partial charge in [0.1, 0.15) is 11.6 Å². The van der Waals surface area contributed by atoms with Crippen molar-refractivity contribution in [1.82, 2.24) is 4.98 Å². The monoisotopic (exact) mass is 383 g/mol. The maximum absolute atomic E-state index is 13.4. The molecular weight excluding hydrogens is 363 g/mol. The number of aromatic amines is 1. The van der Waals surface area contributed by atoms with Crippen LogP contribution < -0.4 is 5.46 Å². The van der Waals surface area contributed by atoms with Crippen LogP contribution in [-0.2, 0) is 9.31 Å². The van der Waals surface area contributed by atoms with Crippen molar-refractivity contribution in [2.45, 2.75) is 38.9 Å². The molecule has 0 aliphatic carbocycles. The molecule has 1 fully saturated rings. The van der Waals surface area contributed by atoms with Crippen molar-refractivity contribution in [2.24, 2.45) is 0 Å². The number of aromatic nitrogens is 1. The second-order valence-corrected chi connectivity index (χ2v) is 8.11. The SMILES string of the molecule is CC1(C)OB(c2ccc3cc(C(=O)c4cc(F)cc(F)c4)[nH]c3c2)OC1(C)C. The molecule has 1 N–H and O–H groups in total. The van der Waals surface area contributed by atoms with Gasteiger partial charge >= 0.3 is 7.12 Å². The molecule has 0 spiro atoms. The summed E-state index contributed by atoms with van der Waals surface area (Å²) in [6.45, 7) is 7.92. The highest BCUT2D eigenvalue weighted by atomic mass is 19.1. The Balaban J connectivity index is 1.67. The predicted molar refractivity (Wildman–Crippen MR) is 104 cm³/mol. The molecule has 0 atom stereocenters. The Hall–Kier alpha value is -2.51. The van der Waals surface area contributed by atoms with E-state index < -0.39 is 35.7 Å². The summed E-state index contributed by atoms with van der Waals surface area (Å²) in [7, 11) is -0.519. The van der Waals surface area contributed by atoms with E-state index in [0.717, 1.165) is 29.0 Å². The van der Waals surface area contributed by atoms with Crippen molar-refractivity contribution >= 4 is 29.3 Å². The summed E-state index contributed by atoms with van der Waals surface area (Å²) in [5.41, 5.74) is 0.841. The van der Waals surface area contributed by atoms with E-state index >= 15 is 0 Å². The zero-order valence-electron chi connectivity index (χ0n) is 16.1. The van der Waals surface area contributed by atoms with Crippen LogP contribution >= 0.6 is 0 Å². The summed E-state index contributed by atoms with van der Waals surface area (Å²) in [6.07, 6.45) is 0. The summed E-state index contributed by atoms with van der Waals surface area (Å²) >= 11 is 0. The Morgan fingerprint density at radius 1 is 0.929 bits per heavy atom. The number of rotatable bonds is 3. The molecule has 2 aromatic carbocycles. The summed E-state index contributed by atoms with van der Waals surface area (Å²) in [6, 6.07) is 10.0. The third-order valence-electron chi connectivity index (χ3n) is 5.54. The van der Waals surface area contributed by atoms with Crippen molar-refractivity contribution in [1.29, 1.82) is 0 Å². The van der Waals surface area contributed by atoms with E-state index in [1.165, 1.54) is 0 Å². The fourth-order valence-corrected chi connectivity index (χ4v) is 3.23. The van der Waals surface area contributed by atoms with Crippen molar-refractivity contribution in [3.05, 3.63) is 65.4 Å². The van der Waals surface area contributed by atoms with Gasteiger partial charge in [-0.3, -0.25) is 4.79 Å². The van der Waals surface area contributed by atoms with Crippen LogP contribution in [0.2, 0.25) is 0 Å². The van der Waals surface area contributed by atoms with Crippen LogP contribution in [0.3, 0.4) is 0 Å². The summed E-state index contributed by atoms with van der Waals surface area (Å²) < 4.78 is 39.0. The molecule has 0 unspecified atom stereocenters. The number of H-pyrrole nitrogens is 1. The second-order valence-electron chi connectivity index (χ2n) is 8.11. The number of hydrogen-bond donors (Lipinski definition) is 1. The lowest BCUT2D eigenvalue weighted by atomic mass is 9.79. The van der Waals surface area contributed by atoms with Crippen molar-refractivity contribution < 1.29 is 22.9 Å². The lowest BCUT2D eigenvalue weighted by Crippen LogP contribution is -2.41. The molecule has 0 radical (unpaired) electrons. The summed E-state index contributed by atoms with van der Waals surface area (Å²) in [5.74, 6) is -2.06. The molecule has 1 saturated heterocycles. The minimum Gasteiger partial charge on any atom is -0.399 e. The number of benzene rings is 2. The quantitative estimate of drug-likeness (QED) is 0.550. The molecule has 3 aromatic rings. The molecule has 28 heavy (non-hydrogen) atoms. The maximum atomic E-state index is 13.4. The average Bonchev–Trinajstić information content (AvgIpc) is 3.10. The largest absolute Gasteiger partial charge is 0.494 e. The van der Waals surface area contributed by atoms with Gasteiger partial charge in [-0.15, -0.1) is 0 Å². The Labute approximate surface area is 162 Å². The first kappa shape index (κ1) is 18.8. The molecule has 144 valence electrons. The minimum atomic E-state index is -0.789. The lowest BCUT2D eigenvalue weighted by Gasteiger charge is -2.32. The summed E-state index contributed by atoms with van der Waals surface area (Å²) in [4.78, 5) is 15.7. The number of halogens is 2. The van der Waals surface area contributed by atoms with E-state index in [1.54, 1.807) is 6.07 Å². The number of ketones is 1. The molecule has 2 heterocycles. The molecule has 4 nitrogen and oxygen atoms in total. The second kappa shape index (κ2) is 6.25. The zero-order valence-corrected chi connectivity index (χ0v) is 16.1. The van der Waals surface area contributed by atoms with Gasteiger partial charge in [-0.25, -0.2) is 8.78 Å². The number of nitrogens with one attached hydrogen (secondary N) is 1. The highest BCUT2D eigenvalue weighted by Gasteiger charge is 2.51. The van der Waals surface area contributed by atoms with Crippen LogP contribution in [0.25, 0.3) is 10.9 Å². The first-order chi connectivity index (χ1) is 13.1. The van der Waals surface area contributed by atoms with Crippen LogP contribution in [-0.4, -0.2) is 29.1 Å². The Kier molecular flexibility index (Phi) is 4.21. The molecule has 7 heteroatoms. The Morgan fingerprint density at radius 2 is 1.54 bits per heavy atom. The molecule has 1 aliphatic rings. The van der Waals surface area contributed by atoms with Crippen LogP contribution in [0.4, 0.5) is 8.78 Å². The first-order valence-electron chi connectivity index (χ1n) is 9.05. The van der Waals surface area contributed by atoms with E-state index in [9.17, 15) is 13.6 Å². The molecule has 4 rings (SSSR count). The lowest BCUT2D eigenvalue weighted by molar-refractivity contribution is 0.00578. The minimum absolute atomic E-state index is 0.0461. The van der Waals surface area contributed by atoms with E-state index in [1.807, 2.05) is 45.9 Å². The first-order valence-corrected chi connectivity index (χ1v) is 9.05. The van der Waals surface area contributed by atoms with Gasteiger partial charge < -0.3 is 14.3 Å². The van der Waals surface area contributed by atoms with Gasteiger partial charge in [0, 0.05) is 22.5 Å². The Morgan fingerprint density at radius 3 is 2.14 bits per heavy atom. The number of fused-ring (bicyclic) bond motifs is 1. The molecule has 0 bridgehead atoms. The smallest absolute Gasteiger partial charge is 0.399 e. The fraction of sp³-hybridized carbons (Fsp3) is 0.286. The van der Waals surface area contributed by atoms with Gasteiger partial charge in [-0.1, -0.05) is 12.1 Å². The van der Waals surface area contributed by atoms with Gasteiger partial charge in [0.05, 0.1) is 16.9 Å². The highest BCUT2D eigenvalue weighted by molar-refractivity contribution is 6.62. The topological polar surface area (TPSA) is 51.3 Å². The third-order valence-corrected chi connectivity index (χ3v) is 5.54. The van der Waals surface area contributed by atoms with E-state index in [4.69, 9.17) is 9.31 Å². The molecule has 1 aliphatic heterocycles. The highest BCUT2D eigenvalue weighted by Crippen LogP contribution is 2.36. The van der Waals surface area contributed by atoms with E-state index in [-0.39, 0.29) is 11.3 Å². The van der Waals surface area contributed by atoms with Crippen molar-refractivity contribution in [2.75, 3.05) is 0 Å².